The van der Waals surface area contributed by atoms with Gasteiger partial charge >= 0.3 is 0 Å². The number of aromatic nitrogens is 2. The van der Waals surface area contributed by atoms with Crippen LogP contribution < -0.4 is 10.6 Å². The zero-order valence-corrected chi connectivity index (χ0v) is 11.1. The highest BCUT2D eigenvalue weighted by atomic mass is 16.2. The minimum atomic E-state index is -0.618. The summed E-state index contributed by atoms with van der Waals surface area (Å²) >= 11 is 0. The van der Waals surface area contributed by atoms with Gasteiger partial charge < -0.3 is 15.5 Å². The van der Waals surface area contributed by atoms with Crippen LogP contribution in [0.2, 0.25) is 0 Å². The van der Waals surface area contributed by atoms with Gasteiger partial charge in [0, 0.05) is 32.2 Å². The van der Waals surface area contributed by atoms with Crippen LogP contribution in [-0.4, -0.2) is 46.7 Å². The SMILES string of the molecule is CN1CCN(c2nnccc2CN)C(C)(C)C1=O. The van der Waals surface area contributed by atoms with Gasteiger partial charge in [-0.3, -0.25) is 4.79 Å². The fourth-order valence-corrected chi connectivity index (χ4v) is 2.32. The number of piperazine rings is 1. The third kappa shape index (κ3) is 1.92. The highest BCUT2D eigenvalue weighted by molar-refractivity contribution is 5.90. The lowest BCUT2D eigenvalue weighted by molar-refractivity contribution is -0.136. The van der Waals surface area contributed by atoms with E-state index in [1.54, 1.807) is 11.1 Å². The summed E-state index contributed by atoms with van der Waals surface area (Å²) in [4.78, 5) is 16.0. The molecule has 1 amide bonds. The van der Waals surface area contributed by atoms with E-state index in [0.29, 0.717) is 18.9 Å². The molecule has 2 N–H and O–H groups in total. The Hall–Kier alpha value is -1.69. The maximum atomic E-state index is 12.2. The predicted octanol–water partition coefficient (Wildman–Crippen LogP) is -0.00770. The zero-order chi connectivity index (χ0) is 13.3. The van der Waals surface area contributed by atoms with Crippen LogP contribution in [0, 0.1) is 0 Å². The van der Waals surface area contributed by atoms with Crippen molar-refractivity contribution < 1.29 is 4.79 Å². The van der Waals surface area contributed by atoms with Crippen molar-refractivity contribution in [2.45, 2.75) is 25.9 Å². The Bertz CT molecular complexity index is 460. The largest absolute Gasteiger partial charge is 0.342 e. The van der Waals surface area contributed by atoms with Crippen molar-refractivity contribution >= 4 is 11.7 Å². The van der Waals surface area contributed by atoms with Crippen molar-refractivity contribution in [1.29, 1.82) is 0 Å². The third-order valence-corrected chi connectivity index (χ3v) is 3.46. The number of amides is 1. The third-order valence-electron chi connectivity index (χ3n) is 3.46. The molecule has 0 aromatic carbocycles. The number of carbonyl (C=O) groups is 1. The second-order valence-electron chi connectivity index (χ2n) is 5.02. The number of nitrogens with two attached hydrogens (primary N) is 1. The molecule has 1 aliphatic rings. The Labute approximate surface area is 107 Å². The molecule has 0 unspecified atom stereocenters. The summed E-state index contributed by atoms with van der Waals surface area (Å²) < 4.78 is 0. The van der Waals surface area contributed by atoms with E-state index < -0.39 is 5.54 Å². The maximum Gasteiger partial charge on any atom is 0.247 e. The number of rotatable bonds is 2. The lowest BCUT2D eigenvalue weighted by Gasteiger charge is -2.45. The summed E-state index contributed by atoms with van der Waals surface area (Å²) in [7, 11) is 1.82. The van der Waals surface area contributed by atoms with Crippen LogP contribution in [0.4, 0.5) is 5.82 Å². The van der Waals surface area contributed by atoms with E-state index >= 15 is 0 Å². The zero-order valence-electron chi connectivity index (χ0n) is 11.1. The molecule has 0 radical (unpaired) electrons. The van der Waals surface area contributed by atoms with Gasteiger partial charge in [0.05, 0.1) is 6.20 Å². The molecule has 6 heteroatoms. The van der Waals surface area contributed by atoms with Crippen LogP contribution >= 0.6 is 0 Å². The number of likely N-dealkylation sites (N-methyl/N-ethyl adjacent to an activating group) is 1. The van der Waals surface area contributed by atoms with Gasteiger partial charge in [0.25, 0.3) is 0 Å². The molecule has 0 saturated carbocycles. The first kappa shape index (κ1) is 12.8. The molecular formula is C12H19N5O. The second-order valence-corrected chi connectivity index (χ2v) is 5.02. The first-order valence-electron chi connectivity index (χ1n) is 6.02. The molecule has 1 aromatic heterocycles. The van der Waals surface area contributed by atoms with Crippen molar-refractivity contribution in [1.82, 2.24) is 15.1 Å². The fraction of sp³-hybridized carbons (Fsp3) is 0.583. The Morgan fingerprint density at radius 2 is 2.17 bits per heavy atom. The van der Waals surface area contributed by atoms with Crippen LogP contribution in [0.1, 0.15) is 19.4 Å². The van der Waals surface area contributed by atoms with Gasteiger partial charge in [-0.2, -0.15) is 5.10 Å². The van der Waals surface area contributed by atoms with E-state index in [2.05, 4.69) is 10.2 Å². The van der Waals surface area contributed by atoms with Crippen LogP contribution in [-0.2, 0) is 11.3 Å². The number of anilines is 1. The molecule has 6 nitrogen and oxygen atoms in total. The molecule has 1 aromatic rings. The second kappa shape index (κ2) is 4.53. The standard InChI is InChI=1S/C12H19N5O/c1-12(2)11(18)16(3)6-7-17(12)10-9(8-13)4-5-14-15-10/h4-5H,6-8,13H2,1-3H3. The van der Waals surface area contributed by atoms with E-state index in [1.807, 2.05) is 31.9 Å². The van der Waals surface area contributed by atoms with Crippen molar-refractivity contribution in [3.63, 3.8) is 0 Å². The molecule has 2 rings (SSSR count). The van der Waals surface area contributed by atoms with Gasteiger partial charge in [0.2, 0.25) is 5.91 Å². The molecule has 0 atom stereocenters. The van der Waals surface area contributed by atoms with Gasteiger partial charge in [-0.05, 0) is 19.9 Å². The number of hydrogen-bond acceptors (Lipinski definition) is 5. The Balaban J connectivity index is 2.41. The van der Waals surface area contributed by atoms with E-state index in [-0.39, 0.29) is 5.91 Å². The summed E-state index contributed by atoms with van der Waals surface area (Å²) in [5.74, 6) is 0.800. The first-order valence-corrected chi connectivity index (χ1v) is 6.02. The van der Waals surface area contributed by atoms with Crippen LogP contribution in [0.15, 0.2) is 12.3 Å². The van der Waals surface area contributed by atoms with Crippen LogP contribution in [0.25, 0.3) is 0 Å². The highest BCUT2D eigenvalue weighted by Gasteiger charge is 2.41. The number of nitrogens with zero attached hydrogens (tertiary/aromatic N) is 4. The minimum absolute atomic E-state index is 0.0855. The highest BCUT2D eigenvalue weighted by Crippen LogP contribution is 2.28. The van der Waals surface area contributed by atoms with Crippen LogP contribution in [0.3, 0.4) is 0 Å². The molecule has 0 bridgehead atoms. The Kier molecular flexibility index (Phi) is 3.21. The summed E-state index contributed by atoms with van der Waals surface area (Å²) in [5, 5.41) is 8.06. The lowest BCUT2D eigenvalue weighted by Crippen LogP contribution is -2.62. The fourth-order valence-electron chi connectivity index (χ4n) is 2.32. The summed E-state index contributed by atoms with van der Waals surface area (Å²) in [6.07, 6.45) is 1.62. The molecule has 98 valence electrons. The maximum absolute atomic E-state index is 12.2. The molecular weight excluding hydrogens is 230 g/mol. The minimum Gasteiger partial charge on any atom is -0.342 e. The van der Waals surface area contributed by atoms with E-state index in [1.165, 1.54) is 0 Å². The molecule has 2 heterocycles. The summed E-state index contributed by atoms with van der Waals surface area (Å²) in [6.45, 7) is 5.62. The van der Waals surface area contributed by atoms with Gasteiger partial charge in [0.15, 0.2) is 5.82 Å². The molecule has 1 saturated heterocycles. The average Bonchev–Trinajstić information content (AvgIpc) is 2.36. The molecule has 18 heavy (non-hydrogen) atoms. The van der Waals surface area contributed by atoms with Crippen molar-refractivity contribution in [3.8, 4) is 0 Å². The topological polar surface area (TPSA) is 75.3 Å². The van der Waals surface area contributed by atoms with Gasteiger partial charge in [0.1, 0.15) is 5.54 Å². The monoisotopic (exact) mass is 249 g/mol. The summed E-state index contributed by atoms with van der Waals surface area (Å²) in [6, 6.07) is 1.85. The number of carbonyl (C=O) groups excluding carboxylic acids is 1. The van der Waals surface area contributed by atoms with Gasteiger partial charge in [-0.25, -0.2) is 0 Å². The molecule has 1 fully saturated rings. The van der Waals surface area contributed by atoms with Gasteiger partial charge in [-0.15, -0.1) is 5.10 Å². The van der Waals surface area contributed by atoms with E-state index in [9.17, 15) is 4.79 Å². The number of hydrogen-bond donors (Lipinski definition) is 1. The predicted molar refractivity (Wildman–Crippen MR) is 69.0 cm³/mol. The molecule has 0 aliphatic carbocycles. The average molecular weight is 249 g/mol. The van der Waals surface area contributed by atoms with Crippen molar-refractivity contribution in [2.75, 3.05) is 25.0 Å². The molecule has 1 aliphatic heterocycles. The Morgan fingerprint density at radius 1 is 1.44 bits per heavy atom. The normalized spacial score (nSPS) is 19.2. The molecule has 0 spiro atoms. The lowest BCUT2D eigenvalue weighted by atomic mass is 9.97. The smallest absolute Gasteiger partial charge is 0.247 e. The summed E-state index contributed by atoms with van der Waals surface area (Å²) in [5.41, 5.74) is 6.01. The van der Waals surface area contributed by atoms with Crippen molar-refractivity contribution in [3.05, 3.63) is 17.8 Å². The van der Waals surface area contributed by atoms with Crippen LogP contribution in [0.5, 0.6) is 0 Å². The van der Waals surface area contributed by atoms with Crippen molar-refractivity contribution in [2.24, 2.45) is 5.73 Å². The Morgan fingerprint density at radius 3 is 2.83 bits per heavy atom. The van der Waals surface area contributed by atoms with E-state index in [0.717, 1.165) is 12.1 Å². The van der Waals surface area contributed by atoms with Gasteiger partial charge in [-0.1, -0.05) is 0 Å². The van der Waals surface area contributed by atoms with E-state index in [4.69, 9.17) is 5.73 Å². The first-order chi connectivity index (χ1) is 8.48. The quantitative estimate of drug-likeness (QED) is 0.798.